The third-order valence-electron chi connectivity index (χ3n) is 5.85. The first kappa shape index (κ1) is 21.7. The average Bonchev–Trinajstić information content (AvgIpc) is 3.05. The fourth-order valence-corrected chi connectivity index (χ4v) is 3.79. The summed E-state index contributed by atoms with van der Waals surface area (Å²) in [5.74, 6) is -0.962. The topological polar surface area (TPSA) is 116 Å². The van der Waals surface area contributed by atoms with Gasteiger partial charge in [0.1, 0.15) is 11.6 Å². The molecule has 0 aliphatic carbocycles. The van der Waals surface area contributed by atoms with Crippen molar-refractivity contribution in [3.63, 3.8) is 0 Å². The summed E-state index contributed by atoms with van der Waals surface area (Å²) < 4.78 is 0.996. The van der Waals surface area contributed by atoms with E-state index in [1.54, 1.807) is 43.3 Å². The number of carbonyl (C=O) groups is 2. The van der Waals surface area contributed by atoms with Crippen molar-refractivity contribution >= 4 is 23.7 Å². The van der Waals surface area contributed by atoms with Crippen LogP contribution in [0.5, 0.6) is 5.88 Å². The number of aryl methyl sites for hydroxylation is 1. The third-order valence-corrected chi connectivity index (χ3v) is 5.85. The van der Waals surface area contributed by atoms with Crippen LogP contribution in [-0.2, 0) is 13.6 Å². The fraction of sp³-hybridized carbons (Fsp3) is 0.160. The third kappa shape index (κ3) is 3.59. The van der Waals surface area contributed by atoms with Gasteiger partial charge in [0, 0.05) is 13.3 Å². The molecule has 2 heterocycles. The van der Waals surface area contributed by atoms with E-state index in [4.69, 9.17) is 0 Å². The zero-order chi connectivity index (χ0) is 23.9. The Balaban J connectivity index is 1.66. The molecule has 2 amide bonds. The van der Waals surface area contributed by atoms with Gasteiger partial charge < -0.3 is 5.11 Å². The summed E-state index contributed by atoms with van der Waals surface area (Å²) in [6, 6.07) is 13.9. The summed E-state index contributed by atoms with van der Waals surface area (Å²) >= 11 is 0. The van der Waals surface area contributed by atoms with E-state index < -0.39 is 5.56 Å². The lowest BCUT2D eigenvalue weighted by molar-refractivity contribution is 0.0642. The van der Waals surface area contributed by atoms with Crippen molar-refractivity contribution in [3.05, 3.63) is 91.8 Å². The molecule has 0 atom stereocenters. The lowest BCUT2D eigenvalue weighted by Crippen LogP contribution is -2.29. The Labute approximate surface area is 189 Å². The van der Waals surface area contributed by atoms with Crippen LogP contribution in [0.15, 0.2) is 52.3 Å². The predicted molar refractivity (Wildman–Crippen MR) is 122 cm³/mol. The molecule has 8 nitrogen and oxygen atoms in total. The van der Waals surface area contributed by atoms with Gasteiger partial charge in [-0.2, -0.15) is 5.26 Å². The van der Waals surface area contributed by atoms with E-state index in [0.717, 1.165) is 15.7 Å². The van der Waals surface area contributed by atoms with Gasteiger partial charge in [-0.3, -0.25) is 28.8 Å². The van der Waals surface area contributed by atoms with E-state index in [9.17, 15) is 24.8 Å². The molecular formula is C25H20N4O4. The second-order valence-corrected chi connectivity index (χ2v) is 7.82. The first-order valence-electron chi connectivity index (χ1n) is 10.2. The second-order valence-electron chi connectivity index (χ2n) is 7.82. The number of aromatic nitrogens is 1. The number of amides is 2. The van der Waals surface area contributed by atoms with Crippen LogP contribution >= 0.6 is 0 Å². The monoisotopic (exact) mass is 440 g/mol. The SMILES string of the molecule is Cc1ccc(N=Cc2c(C)c(C#N)c(=O)n(C)c2O)cc1CN1C(=O)c2ccccc2C1=O. The number of aromatic hydroxyl groups is 1. The first-order chi connectivity index (χ1) is 15.7. The van der Waals surface area contributed by atoms with Crippen molar-refractivity contribution in [2.24, 2.45) is 12.0 Å². The Morgan fingerprint density at radius 2 is 1.70 bits per heavy atom. The number of hydrogen-bond donors (Lipinski definition) is 1. The van der Waals surface area contributed by atoms with Gasteiger partial charge in [-0.05, 0) is 54.8 Å². The van der Waals surface area contributed by atoms with Crippen molar-refractivity contribution in [3.8, 4) is 11.9 Å². The number of aliphatic imine (C=N–C) groups is 1. The number of hydrogen-bond acceptors (Lipinski definition) is 6. The Hall–Kier alpha value is -4.51. The number of pyridine rings is 1. The average molecular weight is 440 g/mol. The highest BCUT2D eigenvalue weighted by molar-refractivity contribution is 6.21. The van der Waals surface area contributed by atoms with Gasteiger partial charge in [0.15, 0.2) is 0 Å². The zero-order valence-corrected chi connectivity index (χ0v) is 18.3. The molecule has 0 fully saturated rings. The molecule has 1 aromatic heterocycles. The summed E-state index contributed by atoms with van der Waals surface area (Å²) in [4.78, 5) is 43.2. The van der Waals surface area contributed by atoms with Crippen LogP contribution in [0.1, 0.15) is 48.5 Å². The fourth-order valence-electron chi connectivity index (χ4n) is 3.79. The summed E-state index contributed by atoms with van der Waals surface area (Å²) in [6.07, 6.45) is 1.39. The van der Waals surface area contributed by atoms with Crippen LogP contribution in [0, 0.1) is 25.2 Å². The molecule has 33 heavy (non-hydrogen) atoms. The number of rotatable bonds is 4. The zero-order valence-electron chi connectivity index (χ0n) is 18.3. The number of benzene rings is 2. The molecule has 0 bridgehead atoms. The van der Waals surface area contributed by atoms with Gasteiger partial charge in [0.05, 0.1) is 28.9 Å². The van der Waals surface area contributed by atoms with E-state index in [1.807, 2.05) is 19.1 Å². The minimum atomic E-state index is -0.580. The van der Waals surface area contributed by atoms with Crippen molar-refractivity contribution in [2.75, 3.05) is 0 Å². The van der Waals surface area contributed by atoms with Gasteiger partial charge in [0.25, 0.3) is 17.4 Å². The number of fused-ring (bicyclic) bond motifs is 1. The highest BCUT2D eigenvalue weighted by Gasteiger charge is 2.35. The standard InChI is InChI=1S/C25H20N4O4/c1-14-8-9-17(27-12-21-15(2)20(11-26)22(30)28(3)23(21)31)10-16(14)13-29-24(32)18-6-4-5-7-19(18)25(29)33/h4-10,12,31H,13H2,1-3H3. The highest BCUT2D eigenvalue weighted by atomic mass is 16.3. The van der Waals surface area contributed by atoms with Crippen LogP contribution in [0.25, 0.3) is 0 Å². The smallest absolute Gasteiger partial charge is 0.271 e. The van der Waals surface area contributed by atoms with Crippen LogP contribution < -0.4 is 5.56 Å². The van der Waals surface area contributed by atoms with E-state index in [1.165, 1.54) is 18.2 Å². The maximum absolute atomic E-state index is 12.7. The van der Waals surface area contributed by atoms with E-state index >= 15 is 0 Å². The maximum atomic E-state index is 12.7. The molecule has 1 N–H and O–H groups in total. The van der Waals surface area contributed by atoms with Gasteiger partial charge in [-0.1, -0.05) is 18.2 Å². The van der Waals surface area contributed by atoms with Gasteiger partial charge >= 0.3 is 0 Å². The molecule has 2 aromatic carbocycles. The quantitative estimate of drug-likeness (QED) is 0.494. The minimum absolute atomic E-state index is 0.0630. The molecule has 0 radical (unpaired) electrons. The molecule has 0 saturated carbocycles. The molecule has 1 aliphatic heterocycles. The van der Waals surface area contributed by atoms with Crippen LogP contribution in [0.3, 0.4) is 0 Å². The number of nitrogens with zero attached hydrogens (tertiary/aromatic N) is 4. The maximum Gasteiger partial charge on any atom is 0.271 e. The van der Waals surface area contributed by atoms with E-state index in [2.05, 4.69) is 4.99 Å². The van der Waals surface area contributed by atoms with Crippen LogP contribution in [0.4, 0.5) is 5.69 Å². The molecular weight excluding hydrogens is 420 g/mol. The van der Waals surface area contributed by atoms with Crippen molar-refractivity contribution < 1.29 is 14.7 Å². The summed E-state index contributed by atoms with van der Waals surface area (Å²) in [5.41, 5.74) is 2.90. The molecule has 4 rings (SSSR count). The first-order valence-corrected chi connectivity index (χ1v) is 10.2. The lowest BCUT2D eigenvalue weighted by Gasteiger charge is -2.16. The summed E-state index contributed by atoms with van der Waals surface area (Å²) in [6.45, 7) is 3.55. The Bertz CT molecular complexity index is 1430. The largest absolute Gasteiger partial charge is 0.494 e. The molecule has 0 unspecified atom stereocenters. The highest BCUT2D eigenvalue weighted by Crippen LogP contribution is 2.27. The second kappa shape index (κ2) is 8.20. The molecule has 1 aliphatic rings. The van der Waals surface area contributed by atoms with Crippen molar-refractivity contribution in [1.29, 1.82) is 5.26 Å². The lowest BCUT2D eigenvalue weighted by atomic mass is 10.1. The molecule has 3 aromatic rings. The normalized spacial score (nSPS) is 13.0. The predicted octanol–water partition coefficient (Wildman–Crippen LogP) is 3.13. The van der Waals surface area contributed by atoms with Crippen molar-refractivity contribution in [2.45, 2.75) is 20.4 Å². The summed E-state index contributed by atoms with van der Waals surface area (Å²) in [7, 11) is 1.38. The van der Waals surface area contributed by atoms with Gasteiger partial charge in [-0.15, -0.1) is 0 Å². The molecule has 0 spiro atoms. The van der Waals surface area contributed by atoms with Crippen molar-refractivity contribution in [1.82, 2.24) is 9.47 Å². The molecule has 164 valence electrons. The Kier molecular flexibility index (Phi) is 5.40. The van der Waals surface area contributed by atoms with Crippen LogP contribution in [0.2, 0.25) is 0 Å². The van der Waals surface area contributed by atoms with Gasteiger partial charge in [0.2, 0.25) is 5.88 Å². The Morgan fingerprint density at radius 1 is 1.06 bits per heavy atom. The molecule has 8 heteroatoms. The van der Waals surface area contributed by atoms with E-state index in [0.29, 0.717) is 22.4 Å². The minimum Gasteiger partial charge on any atom is -0.494 e. The Morgan fingerprint density at radius 3 is 2.30 bits per heavy atom. The van der Waals surface area contributed by atoms with Gasteiger partial charge in [-0.25, -0.2) is 0 Å². The summed E-state index contributed by atoms with van der Waals surface area (Å²) in [5, 5.41) is 19.7. The number of carbonyl (C=O) groups excluding carboxylic acids is 2. The number of nitriles is 1. The molecule has 0 saturated heterocycles. The number of imide groups is 1. The van der Waals surface area contributed by atoms with Crippen LogP contribution in [-0.4, -0.2) is 32.6 Å². The van der Waals surface area contributed by atoms with E-state index in [-0.39, 0.29) is 35.4 Å².